The number of rotatable bonds is 5. The average Bonchev–Trinajstić information content (AvgIpc) is 2.68. The molecule has 1 saturated heterocycles. The van der Waals surface area contributed by atoms with Crippen LogP contribution in [0.2, 0.25) is 0 Å². The first kappa shape index (κ1) is 17.8. The van der Waals surface area contributed by atoms with Crippen LogP contribution >= 0.6 is 11.8 Å². The van der Waals surface area contributed by atoms with E-state index in [1.807, 2.05) is 54.4 Å². The van der Waals surface area contributed by atoms with Crippen LogP contribution in [0.25, 0.3) is 0 Å². The van der Waals surface area contributed by atoms with Crippen molar-refractivity contribution in [2.45, 2.75) is 23.1 Å². The summed E-state index contributed by atoms with van der Waals surface area (Å²) in [6.07, 6.45) is 3.60. The van der Waals surface area contributed by atoms with E-state index in [9.17, 15) is 4.79 Å². The lowest BCUT2D eigenvalue weighted by Gasteiger charge is -2.37. The van der Waals surface area contributed by atoms with Gasteiger partial charge in [0.15, 0.2) is 0 Å². The second kappa shape index (κ2) is 8.36. The van der Waals surface area contributed by atoms with Gasteiger partial charge in [-0.05, 0) is 42.8 Å². The van der Waals surface area contributed by atoms with Gasteiger partial charge in [0, 0.05) is 36.9 Å². The summed E-state index contributed by atoms with van der Waals surface area (Å²) >= 11 is 1.58. The summed E-state index contributed by atoms with van der Waals surface area (Å²) in [6, 6.07) is 11.8. The Morgan fingerprint density at radius 2 is 2.16 bits per heavy atom. The first-order valence-electron chi connectivity index (χ1n) is 8.41. The fraction of sp³-hybridized carbons (Fsp3) is 0.368. The van der Waals surface area contributed by atoms with Crippen molar-refractivity contribution in [3.8, 4) is 5.75 Å². The summed E-state index contributed by atoms with van der Waals surface area (Å²) in [5, 5.41) is 3.23. The van der Waals surface area contributed by atoms with Gasteiger partial charge < -0.3 is 15.0 Å². The third-order valence-electron chi connectivity index (χ3n) is 4.32. The molecule has 1 aromatic heterocycles. The van der Waals surface area contributed by atoms with Crippen LogP contribution < -0.4 is 10.1 Å². The summed E-state index contributed by atoms with van der Waals surface area (Å²) < 4.78 is 5.18. The van der Waals surface area contributed by atoms with Gasteiger partial charge in [0.25, 0.3) is 0 Å². The maximum absolute atomic E-state index is 13.0. The van der Waals surface area contributed by atoms with Crippen LogP contribution in [0.5, 0.6) is 5.75 Å². The minimum atomic E-state index is -0.148. The number of benzene rings is 1. The van der Waals surface area contributed by atoms with E-state index < -0.39 is 0 Å². The Hall–Kier alpha value is -2.05. The fourth-order valence-corrected chi connectivity index (χ4v) is 3.92. The van der Waals surface area contributed by atoms with Gasteiger partial charge in [-0.15, -0.1) is 11.8 Å². The number of pyridine rings is 1. The van der Waals surface area contributed by atoms with Crippen molar-refractivity contribution in [1.82, 2.24) is 15.2 Å². The van der Waals surface area contributed by atoms with Crippen molar-refractivity contribution in [2.75, 3.05) is 26.7 Å². The third kappa shape index (κ3) is 4.32. The molecule has 3 rings (SSSR count). The Labute approximate surface area is 152 Å². The maximum atomic E-state index is 13.0. The van der Waals surface area contributed by atoms with Crippen molar-refractivity contribution in [1.29, 1.82) is 0 Å². The van der Waals surface area contributed by atoms with E-state index in [0.717, 1.165) is 29.3 Å². The highest BCUT2D eigenvalue weighted by Crippen LogP contribution is 2.29. The summed E-state index contributed by atoms with van der Waals surface area (Å²) in [6.45, 7) is 4.27. The quantitative estimate of drug-likeness (QED) is 0.834. The molecule has 0 radical (unpaired) electrons. The minimum absolute atomic E-state index is 0.0360. The van der Waals surface area contributed by atoms with Crippen LogP contribution in [0.15, 0.2) is 53.7 Å². The molecule has 132 valence electrons. The molecule has 5 nitrogen and oxygen atoms in total. The van der Waals surface area contributed by atoms with Crippen molar-refractivity contribution >= 4 is 17.7 Å². The molecule has 1 aromatic carbocycles. The highest BCUT2D eigenvalue weighted by molar-refractivity contribution is 8.00. The lowest BCUT2D eigenvalue weighted by atomic mass is 10.0. The Balaban J connectivity index is 1.70. The predicted molar refractivity (Wildman–Crippen MR) is 99.9 cm³/mol. The number of aromatic nitrogens is 1. The molecule has 2 heterocycles. The SMILES string of the molecule is COc1ccc(SC(C)C(=O)N2CCNCC2c2cccnc2)cc1. The molecule has 2 atom stereocenters. The summed E-state index contributed by atoms with van der Waals surface area (Å²) in [7, 11) is 1.65. The number of nitrogens with one attached hydrogen (secondary N) is 1. The number of nitrogens with zero attached hydrogens (tertiary/aromatic N) is 2. The number of thioether (sulfide) groups is 1. The Morgan fingerprint density at radius 3 is 2.84 bits per heavy atom. The van der Waals surface area contributed by atoms with E-state index in [1.165, 1.54) is 0 Å². The van der Waals surface area contributed by atoms with Crippen LogP contribution in [0.1, 0.15) is 18.5 Å². The van der Waals surface area contributed by atoms with E-state index >= 15 is 0 Å². The highest BCUT2D eigenvalue weighted by atomic mass is 32.2. The van der Waals surface area contributed by atoms with Gasteiger partial charge >= 0.3 is 0 Å². The zero-order valence-corrected chi connectivity index (χ0v) is 15.3. The second-order valence-corrected chi connectivity index (χ2v) is 7.39. The van der Waals surface area contributed by atoms with Gasteiger partial charge in [0.1, 0.15) is 5.75 Å². The highest BCUT2D eigenvalue weighted by Gasteiger charge is 2.31. The molecule has 0 spiro atoms. The first-order chi connectivity index (χ1) is 12.2. The van der Waals surface area contributed by atoms with Crippen molar-refractivity contribution in [3.05, 3.63) is 54.4 Å². The molecular formula is C19H23N3O2S. The van der Waals surface area contributed by atoms with E-state index in [4.69, 9.17) is 4.74 Å². The van der Waals surface area contributed by atoms with Gasteiger partial charge in [-0.2, -0.15) is 0 Å². The number of piperazine rings is 1. The van der Waals surface area contributed by atoms with Gasteiger partial charge in [-0.1, -0.05) is 6.07 Å². The van der Waals surface area contributed by atoms with Crippen molar-refractivity contribution in [2.24, 2.45) is 0 Å². The Morgan fingerprint density at radius 1 is 1.36 bits per heavy atom. The monoisotopic (exact) mass is 357 g/mol. The van der Waals surface area contributed by atoms with Gasteiger partial charge in [-0.3, -0.25) is 9.78 Å². The molecular weight excluding hydrogens is 334 g/mol. The summed E-state index contributed by atoms with van der Waals surface area (Å²) in [4.78, 5) is 20.3. The topological polar surface area (TPSA) is 54.5 Å². The van der Waals surface area contributed by atoms with Gasteiger partial charge in [-0.25, -0.2) is 0 Å². The smallest absolute Gasteiger partial charge is 0.236 e. The molecule has 25 heavy (non-hydrogen) atoms. The van der Waals surface area contributed by atoms with E-state index in [2.05, 4.69) is 10.3 Å². The molecule has 1 amide bonds. The molecule has 1 N–H and O–H groups in total. The fourth-order valence-electron chi connectivity index (χ4n) is 2.98. The third-order valence-corrected chi connectivity index (χ3v) is 5.42. The van der Waals surface area contributed by atoms with Crippen LogP contribution in [-0.2, 0) is 4.79 Å². The van der Waals surface area contributed by atoms with Crippen LogP contribution in [0.4, 0.5) is 0 Å². The van der Waals surface area contributed by atoms with Crippen LogP contribution in [0.3, 0.4) is 0 Å². The maximum Gasteiger partial charge on any atom is 0.236 e. The molecule has 1 aliphatic heterocycles. The Kier molecular flexibility index (Phi) is 5.94. The average molecular weight is 357 g/mol. The lowest BCUT2D eigenvalue weighted by molar-refractivity contribution is -0.133. The molecule has 1 aliphatic rings. The molecule has 2 unspecified atom stereocenters. The lowest BCUT2D eigenvalue weighted by Crippen LogP contribution is -2.50. The van der Waals surface area contributed by atoms with E-state index in [-0.39, 0.29) is 17.2 Å². The van der Waals surface area contributed by atoms with Gasteiger partial charge in [0.05, 0.1) is 18.4 Å². The minimum Gasteiger partial charge on any atom is -0.497 e. The number of hydrogen-bond acceptors (Lipinski definition) is 5. The number of carbonyl (C=O) groups is 1. The largest absolute Gasteiger partial charge is 0.497 e. The normalized spacial score (nSPS) is 18.6. The number of methoxy groups -OCH3 is 1. The van der Waals surface area contributed by atoms with E-state index in [0.29, 0.717) is 6.54 Å². The summed E-state index contributed by atoms with van der Waals surface area (Å²) in [5.41, 5.74) is 1.07. The Bertz CT molecular complexity index is 694. The zero-order chi connectivity index (χ0) is 17.6. The first-order valence-corrected chi connectivity index (χ1v) is 9.29. The predicted octanol–water partition coefficient (Wildman–Crippen LogP) is 2.74. The zero-order valence-electron chi connectivity index (χ0n) is 14.5. The van der Waals surface area contributed by atoms with Gasteiger partial charge in [0.2, 0.25) is 5.91 Å². The molecule has 0 bridgehead atoms. The van der Waals surface area contributed by atoms with Crippen molar-refractivity contribution < 1.29 is 9.53 Å². The number of hydrogen-bond donors (Lipinski definition) is 1. The molecule has 0 aliphatic carbocycles. The van der Waals surface area contributed by atoms with E-state index in [1.54, 1.807) is 25.1 Å². The number of carbonyl (C=O) groups excluding carboxylic acids is 1. The summed E-state index contributed by atoms with van der Waals surface area (Å²) in [5.74, 6) is 0.984. The standard InChI is InChI=1S/C19H23N3O2S/c1-14(25-17-7-5-16(24-2)6-8-17)19(23)22-11-10-21-13-18(22)15-4-3-9-20-12-15/h3-9,12,14,18,21H,10-11,13H2,1-2H3. The molecule has 2 aromatic rings. The molecule has 0 saturated carbocycles. The van der Waals surface area contributed by atoms with Crippen LogP contribution in [-0.4, -0.2) is 47.8 Å². The molecule has 1 fully saturated rings. The molecule has 6 heteroatoms. The second-order valence-electron chi connectivity index (χ2n) is 5.97. The van der Waals surface area contributed by atoms with Crippen LogP contribution in [0, 0.1) is 0 Å². The number of amides is 1. The number of ether oxygens (including phenoxy) is 1. The van der Waals surface area contributed by atoms with Crippen molar-refractivity contribution in [3.63, 3.8) is 0 Å².